The van der Waals surface area contributed by atoms with Crippen molar-refractivity contribution in [2.24, 2.45) is 7.05 Å². The first-order chi connectivity index (χ1) is 11.3. The molecule has 3 aromatic rings. The number of hydrogen-bond acceptors (Lipinski definition) is 5. The minimum Gasteiger partial charge on any atom is -0.457 e. The molecule has 0 saturated heterocycles. The number of ether oxygens (including phenoxy) is 1. The number of fused-ring (bicyclic) bond motifs is 2. The lowest BCUT2D eigenvalue weighted by atomic mass is 9.93. The average Bonchev–Trinajstić information content (AvgIpc) is 3.01. The van der Waals surface area contributed by atoms with Gasteiger partial charge in [0.15, 0.2) is 0 Å². The summed E-state index contributed by atoms with van der Waals surface area (Å²) in [5, 5.41) is 11.9. The zero-order valence-corrected chi connectivity index (χ0v) is 12.3. The Kier molecular flexibility index (Phi) is 3.04. The number of aromatic nitrogens is 4. The van der Waals surface area contributed by atoms with Crippen LogP contribution in [-0.4, -0.2) is 26.6 Å². The van der Waals surface area contributed by atoms with Gasteiger partial charge in [-0.2, -0.15) is 4.80 Å². The van der Waals surface area contributed by atoms with E-state index in [1.807, 2.05) is 48.5 Å². The molecular formula is C16H13N5O2. The van der Waals surface area contributed by atoms with Crippen molar-refractivity contribution in [2.75, 3.05) is 4.90 Å². The second kappa shape index (κ2) is 5.20. The largest absolute Gasteiger partial charge is 0.457 e. The number of rotatable bonds is 3. The summed E-state index contributed by atoms with van der Waals surface area (Å²) in [6, 6.07) is 14.9. The van der Waals surface area contributed by atoms with E-state index < -0.39 is 0 Å². The Bertz CT molecular complexity index is 831. The molecule has 0 aliphatic carbocycles. The summed E-state index contributed by atoms with van der Waals surface area (Å²) in [6.45, 7) is 0. The first kappa shape index (κ1) is 13.4. The molecule has 2 heterocycles. The van der Waals surface area contributed by atoms with Crippen LogP contribution in [0.1, 0.15) is 17.2 Å². The lowest BCUT2D eigenvalue weighted by Gasteiger charge is -2.32. The van der Waals surface area contributed by atoms with E-state index >= 15 is 0 Å². The second-order valence-electron chi connectivity index (χ2n) is 5.17. The van der Waals surface area contributed by atoms with Crippen LogP contribution in [0.5, 0.6) is 11.5 Å². The van der Waals surface area contributed by atoms with Gasteiger partial charge in [-0.15, -0.1) is 5.10 Å². The Morgan fingerprint density at radius 3 is 2.22 bits per heavy atom. The van der Waals surface area contributed by atoms with Crippen molar-refractivity contribution >= 4 is 12.4 Å². The van der Waals surface area contributed by atoms with Crippen LogP contribution in [0.3, 0.4) is 0 Å². The van der Waals surface area contributed by atoms with Gasteiger partial charge >= 0.3 is 0 Å². The van der Waals surface area contributed by atoms with Crippen LogP contribution >= 0.6 is 0 Å². The number of benzene rings is 2. The van der Waals surface area contributed by atoms with Gasteiger partial charge in [-0.1, -0.05) is 41.5 Å². The first-order valence-corrected chi connectivity index (χ1v) is 7.11. The molecule has 0 atom stereocenters. The van der Waals surface area contributed by atoms with E-state index in [1.165, 1.54) is 9.70 Å². The van der Waals surface area contributed by atoms with Gasteiger partial charge in [-0.3, -0.25) is 9.69 Å². The molecule has 1 aliphatic rings. The SMILES string of the molecule is Cn1nnc(N(C=O)C2c3ccccc3Oc3ccccc32)n1. The summed E-state index contributed by atoms with van der Waals surface area (Å²) >= 11 is 0. The summed E-state index contributed by atoms with van der Waals surface area (Å²) in [4.78, 5) is 14.6. The molecule has 0 radical (unpaired) electrons. The van der Waals surface area contributed by atoms with Crippen molar-refractivity contribution in [3.05, 3.63) is 59.7 Å². The minimum absolute atomic E-state index is 0.249. The van der Waals surface area contributed by atoms with Crippen LogP contribution in [0.15, 0.2) is 48.5 Å². The van der Waals surface area contributed by atoms with Gasteiger partial charge in [0.05, 0.1) is 13.1 Å². The van der Waals surface area contributed by atoms with Gasteiger partial charge in [0.25, 0.3) is 5.95 Å². The summed E-state index contributed by atoms with van der Waals surface area (Å²) in [6.07, 6.45) is 0.723. The van der Waals surface area contributed by atoms with Gasteiger partial charge in [-0.25, -0.2) is 0 Å². The Hall–Kier alpha value is -3.22. The molecule has 1 amide bonds. The van der Waals surface area contributed by atoms with E-state index in [0.29, 0.717) is 11.5 Å². The molecule has 114 valence electrons. The van der Waals surface area contributed by atoms with E-state index in [-0.39, 0.29) is 12.0 Å². The third kappa shape index (κ3) is 2.13. The molecule has 0 saturated carbocycles. The number of para-hydroxylation sites is 2. The molecule has 0 bridgehead atoms. The highest BCUT2D eigenvalue weighted by Crippen LogP contribution is 2.45. The fraction of sp³-hybridized carbons (Fsp3) is 0.125. The highest BCUT2D eigenvalue weighted by molar-refractivity contribution is 5.75. The number of hydrogen-bond donors (Lipinski definition) is 0. The molecule has 23 heavy (non-hydrogen) atoms. The molecule has 1 aliphatic heterocycles. The number of carbonyl (C=O) groups excluding carboxylic acids is 1. The lowest BCUT2D eigenvalue weighted by molar-refractivity contribution is -0.107. The third-order valence-electron chi connectivity index (χ3n) is 3.77. The van der Waals surface area contributed by atoms with Crippen LogP contribution in [0.25, 0.3) is 0 Å². The smallest absolute Gasteiger partial charge is 0.273 e. The van der Waals surface area contributed by atoms with Crippen molar-refractivity contribution in [3.8, 4) is 11.5 Å². The summed E-state index contributed by atoms with van der Waals surface area (Å²) in [5.74, 6) is 1.68. The minimum atomic E-state index is -0.363. The Balaban J connectivity index is 1.91. The van der Waals surface area contributed by atoms with E-state index in [9.17, 15) is 4.79 Å². The normalized spacial score (nSPS) is 12.9. The second-order valence-corrected chi connectivity index (χ2v) is 5.17. The maximum Gasteiger partial charge on any atom is 0.273 e. The molecule has 0 spiro atoms. The number of amides is 1. The maximum atomic E-state index is 11.8. The van der Waals surface area contributed by atoms with E-state index in [2.05, 4.69) is 15.4 Å². The summed E-state index contributed by atoms with van der Waals surface area (Å²) in [7, 11) is 1.66. The van der Waals surface area contributed by atoms with Crippen LogP contribution in [-0.2, 0) is 11.8 Å². The lowest BCUT2D eigenvalue weighted by Crippen LogP contribution is -2.31. The molecule has 7 heteroatoms. The molecule has 0 unspecified atom stereocenters. The standard InChI is InChI=1S/C16H13N5O2/c1-20-18-16(17-19-20)21(10-22)15-11-6-2-4-8-13(11)23-14-9-5-3-7-12(14)15/h2-10,15H,1H3. The van der Waals surface area contributed by atoms with Gasteiger partial charge in [-0.05, 0) is 17.3 Å². The van der Waals surface area contributed by atoms with Crippen LogP contribution in [0.2, 0.25) is 0 Å². The molecule has 4 rings (SSSR count). The van der Waals surface area contributed by atoms with Crippen LogP contribution in [0.4, 0.5) is 5.95 Å². The van der Waals surface area contributed by atoms with Gasteiger partial charge in [0, 0.05) is 11.1 Å². The quantitative estimate of drug-likeness (QED) is 0.693. The first-order valence-electron chi connectivity index (χ1n) is 7.11. The van der Waals surface area contributed by atoms with E-state index in [1.54, 1.807) is 7.05 Å². The van der Waals surface area contributed by atoms with Crippen molar-refractivity contribution in [3.63, 3.8) is 0 Å². The van der Waals surface area contributed by atoms with Crippen LogP contribution in [0, 0.1) is 0 Å². The predicted octanol–water partition coefficient (Wildman–Crippen LogP) is 2.07. The third-order valence-corrected chi connectivity index (χ3v) is 3.77. The highest BCUT2D eigenvalue weighted by Gasteiger charge is 2.33. The topological polar surface area (TPSA) is 73.1 Å². The fourth-order valence-electron chi connectivity index (χ4n) is 2.79. The molecule has 1 aromatic heterocycles. The molecule has 7 nitrogen and oxygen atoms in total. The number of aryl methyl sites for hydroxylation is 1. The average molecular weight is 307 g/mol. The van der Waals surface area contributed by atoms with Crippen LogP contribution < -0.4 is 9.64 Å². The van der Waals surface area contributed by atoms with E-state index in [0.717, 1.165) is 17.5 Å². The molecule has 0 fully saturated rings. The van der Waals surface area contributed by atoms with Gasteiger partial charge in [0.2, 0.25) is 6.41 Å². The predicted molar refractivity (Wildman–Crippen MR) is 82.1 cm³/mol. The number of anilines is 1. The van der Waals surface area contributed by atoms with Crippen molar-refractivity contribution in [1.29, 1.82) is 0 Å². The molecule has 0 N–H and O–H groups in total. The zero-order valence-electron chi connectivity index (χ0n) is 12.3. The molecule has 2 aromatic carbocycles. The number of tetrazole rings is 1. The fourth-order valence-corrected chi connectivity index (χ4v) is 2.79. The van der Waals surface area contributed by atoms with Gasteiger partial charge in [0.1, 0.15) is 11.5 Å². The maximum absolute atomic E-state index is 11.8. The zero-order chi connectivity index (χ0) is 15.8. The summed E-state index contributed by atoms with van der Waals surface area (Å²) in [5.41, 5.74) is 1.76. The number of nitrogens with zero attached hydrogens (tertiary/aromatic N) is 5. The van der Waals surface area contributed by atoms with E-state index in [4.69, 9.17) is 4.74 Å². The Morgan fingerprint density at radius 1 is 1.09 bits per heavy atom. The van der Waals surface area contributed by atoms with Gasteiger partial charge < -0.3 is 4.74 Å². The monoisotopic (exact) mass is 307 g/mol. The molecular weight excluding hydrogens is 294 g/mol. The van der Waals surface area contributed by atoms with Crippen molar-refractivity contribution in [2.45, 2.75) is 6.04 Å². The Labute approximate surface area is 132 Å². The number of carbonyl (C=O) groups is 1. The highest BCUT2D eigenvalue weighted by atomic mass is 16.5. The van der Waals surface area contributed by atoms with Crippen molar-refractivity contribution < 1.29 is 9.53 Å². The summed E-state index contributed by atoms with van der Waals surface area (Å²) < 4.78 is 5.94. The Morgan fingerprint density at radius 2 is 1.70 bits per heavy atom. The van der Waals surface area contributed by atoms with Crippen molar-refractivity contribution in [1.82, 2.24) is 20.2 Å².